The SMILES string of the molecule is COB(OC)OC.COc1ccc(CO[C@H](C)c2cc(F)ccc2-n2cccn2)cc1.C[C@H]1OB(O)c2ccnn2-c2ccc(F)cc21. The van der Waals surface area contributed by atoms with Crippen molar-refractivity contribution >= 4 is 20.0 Å². The van der Waals surface area contributed by atoms with Crippen LogP contribution in [0.3, 0.4) is 0 Å². The lowest BCUT2D eigenvalue weighted by Crippen LogP contribution is -2.37. The fraction of sp³-hybridized carbons (Fsp3) is 0.273. The zero-order chi connectivity index (χ0) is 34.6. The van der Waals surface area contributed by atoms with Gasteiger partial charge in [-0.3, -0.25) is 0 Å². The van der Waals surface area contributed by atoms with E-state index in [4.69, 9.17) is 14.1 Å². The molecule has 0 saturated heterocycles. The van der Waals surface area contributed by atoms with E-state index in [0.717, 1.165) is 28.3 Å². The van der Waals surface area contributed by atoms with Gasteiger partial charge in [-0.15, -0.1) is 0 Å². The number of benzene rings is 3. The van der Waals surface area contributed by atoms with Gasteiger partial charge in [-0.1, -0.05) is 12.1 Å². The van der Waals surface area contributed by atoms with E-state index in [2.05, 4.69) is 24.2 Å². The van der Waals surface area contributed by atoms with Crippen LogP contribution in [0, 0.1) is 11.6 Å². The molecular weight excluding hydrogens is 624 g/mol. The number of ether oxygens (including phenoxy) is 2. The summed E-state index contributed by atoms with van der Waals surface area (Å²) in [5.74, 6) is 0.183. The van der Waals surface area contributed by atoms with Gasteiger partial charge in [0, 0.05) is 51.0 Å². The molecule has 0 saturated carbocycles. The van der Waals surface area contributed by atoms with Gasteiger partial charge >= 0.3 is 14.4 Å². The Morgan fingerprint density at radius 1 is 0.896 bits per heavy atom. The molecule has 0 fully saturated rings. The van der Waals surface area contributed by atoms with Gasteiger partial charge in [0.15, 0.2) is 0 Å². The number of nitrogens with zero attached hydrogens (tertiary/aromatic N) is 4. The lowest BCUT2D eigenvalue weighted by Gasteiger charge is -2.18. The molecule has 48 heavy (non-hydrogen) atoms. The Bertz CT molecular complexity index is 1700. The van der Waals surface area contributed by atoms with Gasteiger partial charge in [0.2, 0.25) is 0 Å². The van der Waals surface area contributed by atoms with Crippen molar-refractivity contribution in [3.8, 4) is 17.1 Å². The molecule has 0 amide bonds. The number of hydrogen-bond acceptors (Lipinski definition) is 9. The highest BCUT2D eigenvalue weighted by Crippen LogP contribution is 2.28. The van der Waals surface area contributed by atoms with Gasteiger partial charge in [0.25, 0.3) is 0 Å². The number of rotatable bonds is 9. The van der Waals surface area contributed by atoms with Crippen molar-refractivity contribution < 1.29 is 41.9 Å². The van der Waals surface area contributed by atoms with E-state index in [0.29, 0.717) is 17.8 Å². The predicted octanol–water partition coefficient (Wildman–Crippen LogP) is 5.00. The summed E-state index contributed by atoms with van der Waals surface area (Å²) in [5.41, 5.74) is 4.54. The van der Waals surface area contributed by atoms with Crippen molar-refractivity contribution in [2.75, 3.05) is 28.4 Å². The highest BCUT2D eigenvalue weighted by atomic mass is 19.1. The maximum Gasteiger partial charge on any atom is 0.638 e. The Hall–Kier alpha value is -4.37. The van der Waals surface area contributed by atoms with E-state index in [1.807, 2.05) is 43.5 Å². The molecule has 0 bridgehead atoms. The molecule has 1 N–H and O–H groups in total. The summed E-state index contributed by atoms with van der Waals surface area (Å²) in [4.78, 5) is 0. The Morgan fingerprint density at radius 2 is 1.56 bits per heavy atom. The normalized spacial score (nSPS) is 13.9. The summed E-state index contributed by atoms with van der Waals surface area (Å²) in [5, 5.41) is 18.2. The number of hydrogen-bond donors (Lipinski definition) is 1. The molecule has 5 aromatic rings. The summed E-state index contributed by atoms with van der Waals surface area (Å²) in [6.07, 6.45) is 4.42. The largest absolute Gasteiger partial charge is 0.638 e. The van der Waals surface area contributed by atoms with E-state index in [1.54, 1.807) is 54.0 Å². The van der Waals surface area contributed by atoms with Crippen LogP contribution in [0.2, 0.25) is 0 Å². The minimum atomic E-state index is -1.05. The zero-order valence-electron chi connectivity index (χ0n) is 27.6. The Kier molecular flexibility index (Phi) is 13.4. The third kappa shape index (κ3) is 9.37. The molecule has 1 aliphatic rings. The van der Waals surface area contributed by atoms with Crippen LogP contribution in [0.5, 0.6) is 5.75 Å². The second-order valence-electron chi connectivity index (χ2n) is 10.5. The monoisotopic (exact) mass is 662 g/mol. The first-order valence-corrected chi connectivity index (χ1v) is 15.0. The molecule has 6 rings (SSSR count). The van der Waals surface area contributed by atoms with Crippen LogP contribution in [-0.4, -0.2) is 67.5 Å². The molecule has 0 unspecified atom stereocenters. The van der Waals surface area contributed by atoms with E-state index in [-0.39, 0.29) is 17.7 Å². The van der Waals surface area contributed by atoms with E-state index in [1.165, 1.54) is 45.6 Å². The lowest BCUT2D eigenvalue weighted by atomic mass is 9.85. The van der Waals surface area contributed by atoms with E-state index in [9.17, 15) is 13.8 Å². The standard InChI is InChI=1S/C19H19FN2O2.C11H10BFN2O2.C3H9BO3/c1-14(24-13-15-4-7-17(23-2)8-5-15)18-12-16(20)6-9-19(18)22-11-3-10-21-22;1-7-9-6-8(13)2-3-10(9)15-11(4-5-14-15)12(16)17-7;1-5-4(6-2)7-3/h3-12,14H,13H2,1-2H3;2-7,16H,1H3;1-3H3/t14-;7-;/m11./s1. The predicted molar refractivity (Wildman–Crippen MR) is 177 cm³/mol. The van der Waals surface area contributed by atoms with Crippen molar-refractivity contribution in [3.05, 3.63) is 120 Å². The fourth-order valence-electron chi connectivity index (χ4n) is 4.87. The van der Waals surface area contributed by atoms with Crippen LogP contribution in [0.15, 0.2) is 91.4 Å². The first-order chi connectivity index (χ1) is 23.2. The number of halogens is 2. The average molecular weight is 662 g/mol. The van der Waals surface area contributed by atoms with Crippen molar-refractivity contribution in [3.63, 3.8) is 0 Å². The molecule has 1 aliphatic heterocycles. The van der Waals surface area contributed by atoms with Crippen molar-refractivity contribution in [2.24, 2.45) is 0 Å². The van der Waals surface area contributed by atoms with Crippen LogP contribution < -0.4 is 10.3 Å². The van der Waals surface area contributed by atoms with Crippen LogP contribution in [0.1, 0.15) is 42.7 Å². The highest BCUT2D eigenvalue weighted by molar-refractivity contribution is 6.59. The molecule has 3 heterocycles. The third-order valence-electron chi connectivity index (χ3n) is 7.33. The number of methoxy groups -OCH3 is 1. The Morgan fingerprint density at radius 3 is 2.17 bits per heavy atom. The Labute approximate surface area is 279 Å². The van der Waals surface area contributed by atoms with Crippen molar-refractivity contribution in [1.29, 1.82) is 0 Å². The fourth-order valence-corrected chi connectivity index (χ4v) is 4.87. The van der Waals surface area contributed by atoms with Crippen LogP contribution in [0.25, 0.3) is 11.4 Å². The molecule has 0 aliphatic carbocycles. The van der Waals surface area contributed by atoms with Crippen LogP contribution in [-0.2, 0) is 30.0 Å². The van der Waals surface area contributed by atoms with Gasteiger partial charge in [-0.2, -0.15) is 10.2 Å². The molecule has 2 atom stereocenters. The van der Waals surface area contributed by atoms with Gasteiger partial charge < -0.3 is 33.1 Å². The summed E-state index contributed by atoms with van der Waals surface area (Å²) in [7, 11) is 4.60. The number of fused-ring (bicyclic) bond motifs is 3. The van der Waals surface area contributed by atoms with Crippen molar-refractivity contribution in [2.45, 2.75) is 32.7 Å². The summed E-state index contributed by atoms with van der Waals surface area (Å²) >= 11 is 0. The minimum Gasteiger partial charge on any atom is -0.497 e. The molecule has 3 aromatic carbocycles. The average Bonchev–Trinajstić information content (AvgIpc) is 3.81. The Balaban J connectivity index is 0.000000188. The summed E-state index contributed by atoms with van der Waals surface area (Å²) < 4.78 is 60.5. The maximum absolute atomic E-state index is 13.7. The number of aromatic nitrogens is 4. The quantitative estimate of drug-likeness (QED) is 0.218. The van der Waals surface area contributed by atoms with Gasteiger partial charge in [-0.05, 0) is 80.1 Å². The second kappa shape index (κ2) is 17.7. The summed E-state index contributed by atoms with van der Waals surface area (Å²) in [6.45, 7) is 4.11. The molecule has 0 spiro atoms. The molecular formula is C33H38B2F2N4O7. The first kappa shape index (κ1) is 36.5. The zero-order valence-corrected chi connectivity index (χ0v) is 27.6. The maximum atomic E-state index is 13.7. The molecule has 15 heteroatoms. The van der Waals surface area contributed by atoms with Gasteiger partial charge in [-0.25, -0.2) is 18.1 Å². The van der Waals surface area contributed by atoms with Crippen molar-refractivity contribution in [1.82, 2.24) is 19.6 Å². The topological polar surface area (TPSA) is 111 Å². The van der Waals surface area contributed by atoms with Crippen LogP contribution >= 0.6 is 0 Å². The highest BCUT2D eigenvalue weighted by Gasteiger charge is 2.31. The van der Waals surface area contributed by atoms with E-state index >= 15 is 0 Å². The van der Waals surface area contributed by atoms with Gasteiger partial charge in [0.1, 0.15) is 17.4 Å². The molecule has 2 aromatic heterocycles. The van der Waals surface area contributed by atoms with E-state index < -0.39 is 20.5 Å². The summed E-state index contributed by atoms with van der Waals surface area (Å²) in [6, 6.07) is 20.2. The lowest BCUT2D eigenvalue weighted by molar-refractivity contribution is 0.0522. The van der Waals surface area contributed by atoms with Gasteiger partial charge in [0.05, 0.1) is 42.9 Å². The molecule has 252 valence electrons. The van der Waals surface area contributed by atoms with Crippen LogP contribution in [0.4, 0.5) is 8.78 Å². The smallest absolute Gasteiger partial charge is 0.497 e. The first-order valence-electron chi connectivity index (χ1n) is 15.0. The molecule has 11 nitrogen and oxygen atoms in total. The third-order valence-corrected chi connectivity index (χ3v) is 7.33. The molecule has 0 radical (unpaired) electrons. The second-order valence-corrected chi connectivity index (χ2v) is 10.5. The minimum absolute atomic E-state index is 0.276.